The van der Waals surface area contributed by atoms with Crippen molar-refractivity contribution >= 4 is 61.4 Å². The van der Waals surface area contributed by atoms with E-state index in [2.05, 4.69) is 231 Å². The molecule has 0 bridgehead atoms. The molecule has 1 unspecified atom stereocenters. The molecule has 2 aliphatic rings. The van der Waals surface area contributed by atoms with Crippen molar-refractivity contribution in [3.05, 3.63) is 234 Å². The zero-order chi connectivity index (χ0) is 42.9. The summed E-state index contributed by atoms with van der Waals surface area (Å²) in [7, 11) is 2.09. The molecule has 1 aliphatic heterocycles. The highest BCUT2D eigenvalue weighted by Crippen LogP contribution is 2.51. The fraction of sp³-hybridized carbons (Fsp3) is 0.0847. The second kappa shape index (κ2) is 14.8. The molecule has 1 atom stereocenters. The summed E-state index contributed by atoms with van der Waals surface area (Å²) < 4.78 is 6.83. The van der Waals surface area contributed by atoms with Crippen LogP contribution < -0.4 is 4.90 Å². The Morgan fingerprint density at radius 3 is 1.95 bits per heavy atom. The van der Waals surface area contributed by atoms with E-state index in [0.717, 1.165) is 61.5 Å². The van der Waals surface area contributed by atoms with Crippen LogP contribution in [0.2, 0.25) is 0 Å². The highest BCUT2D eigenvalue weighted by atomic mass is 16.3. The van der Waals surface area contributed by atoms with Crippen molar-refractivity contribution in [3.63, 3.8) is 0 Å². The zero-order valence-electron chi connectivity index (χ0n) is 35.9. The van der Waals surface area contributed by atoms with Gasteiger partial charge in [-0.05, 0) is 86.6 Å². The van der Waals surface area contributed by atoms with Crippen molar-refractivity contribution in [2.45, 2.75) is 25.4 Å². The third-order valence-corrected chi connectivity index (χ3v) is 13.3. The first-order valence-corrected chi connectivity index (χ1v) is 22.0. The van der Waals surface area contributed by atoms with E-state index in [1.807, 2.05) is 6.07 Å². The van der Waals surface area contributed by atoms with Gasteiger partial charge in [-0.25, -0.2) is 9.98 Å². The Kier molecular flexibility index (Phi) is 8.73. The van der Waals surface area contributed by atoms with Gasteiger partial charge in [0, 0.05) is 63.1 Å². The van der Waals surface area contributed by atoms with Crippen LogP contribution in [0.4, 0.5) is 17.1 Å². The summed E-state index contributed by atoms with van der Waals surface area (Å²) in [6.07, 6.45) is -0.305. The lowest BCUT2D eigenvalue weighted by Gasteiger charge is -2.33. The number of rotatable bonds is 7. The highest BCUT2D eigenvalue weighted by molar-refractivity contribution is 6.22. The van der Waals surface area contributed by atoms with Gasteiger partial charge in [0.2, 0.25) is 0 Å². The second-order valence-electron chi connectivity index (χ2n) is 17.4. The molecule has 0 saturated heterocycles. The number of aliphatic imine (C=N–C) groups is 2. The molecule has 5 heteroatoms. The number of fused-ring (bicyclic) bond motifs is 7. The van der Waals surface area contributed by atoms with E-state index in [1.165, 1.54) is 44.2 Å². The molecule has 64 heavy (non-hydrogen) atoms. The summed E-state index contributed by atoms with van der Waals surface area (Å²) in [4.78, 5) is 15.4. The van der Waals surface area contributed by atoms with E-state index in [1.54, 1.807) is 0 Å². The molecule has 2 heterocycles. The SMILES string of the molecule is CN1C(c2ccccc2)=NC(c2cccc3oc4cc(N(c5ccc(-c6ccccc6)cc5)c5ccc6c(c5)C(C)(C)c5ccccc5-6)ccc4c23)=NC1c1cccc2ccccc12. The summed E-state index contributed by atoms with van der Waals surface area (Å²) in [6, 6.07) is 73.5. The Labute approximate surface area is 372 Å². The van der Waals surface area contributed by atoms with E-state index >= 15 is 0 Å². The number of nitrogens with zero attached hydrogens (tertiary/aromatic N) is 4. The normalized spacial score (nSPS) is 15.2. The lowest BCUT2D eigenvalue weighted by Crippen LogP contribution is -2.35. The quantitative estimate of drug-likeness (QED) is 0.161. The average molecular weight is 825 g/mol. The maximum Gasteiger partial charge on any atom is 0.160 e. The number of benzene rings is 9. The minimum Gasteiger partial charge on any atom is -0.456 e. The smallest absolute Gasteiger partial charge is 0.160 e. The maximum absolute atomic E-state index is 6.83. The average Bonchev–Trinajstić information content (AvgIpc) is 3.83. The molecule has 1 aliphatic carbocycles. The first-order chi connectivity index (χ1) is 31.4. The molecule has 0 amide bonds. The Morgan fingerprint density at radius 2 is 1.12 bits per heavy atom. The minimum atomic E-state index is -0.305. The van der Waals surface area contributed by atoms with Crippen LogP contribution in [0.1, 0.15) is 47.8 Å². The predicted molar refractivity (Wildman–Crippen MR) is 265 cm³/mol. The summed E-state index contributed by atoms with van der Waals surface area (Å²) in [6.45, 7) is 4.68. The number of hydrogen-bond acceptors (Lipinski definition) is 5. The molecule has 10 aromatic rings. The molecular formula is C59H44N4O. The topological polar surface area (TPSA) is 44.3 Å². The van der Waals surface area contributed by atoms with Gasteiger partial charge in [-0.2, -0.15) is 0 Å². The monoisotopic (exact) mass is 824 g/mol. The standard InChI is InChI=1S/C59H44N4O/c1-59(2)51-26-13-12-23-46(51)47-34-32-43(36-52(47)59)63(42-30-28-39(29-31-42)38-16-6-4-7-17-38)44-33-35-49-54(37-44)64-53-27-15-25-50(55(49)53)56-60-57(41-19-8-5-9-20-41)62(3)58(61-56)48-24-14-21-40-18-10-11-22-45(40)48/h4-37,58H,1-3H3. The fourth-order valence-corrected chi connectivity index (χ4v) is 10.1. The van der Waals surface area contributed by atoms with Crippen LogP contribution in [-0.2, 0) is 5.41 Å². The number of anilines is 3. The third-order valence-electron chi connectivity index (χ3n) is 13.3. The van der Waals surface area contributed by atoms with Crippen molar-refractivity contribution in [2.24, 2.45) is 9.98 Å². The Balaban J connectivity index is 1.01. The van der Waals surface area contributed by atoms with Gasteiger partial charge in [0.1, 0.15) is 17.0 Å². The molecule has 9 aromatic carbocycles. The summed E-state index contributed by atoms with van der Waals surface area (Å²) in [5, 5.41) is 4.37. The predicted octanol–water partition coefficient (Wildman–Crippen LogP) is 15.0. The van der Waals surface area contributed by atoms with Gasteiger partial charge >= 0.3 is 0 Å². The lowest BCUT2D eigenvalue weighted by molar-refractivity contribution is 0.385. The Hall–Kier alpha value is -8.02. The van der Waals surface area contributed by atoms with Gasteiger partial charge in [0.15, 0.2) is 12.0 Å². The van der Waals surface area contributed by atoms with Crippen molar-refractivity contribution in [3.8, 4) is 22.3 Å². The molecule has 0 spiro atoms. The first-order valence-electron chi connectivity index (χ1n) is 22.0. The van der Waals surface area contributed by atoms with Crippen molar-refractivity contribution in [1.82, 2.24) is 4.90 Å². The van der Waals surface area contributed by atoms with Crippen molar-refractivity contribution in [1.29, 1.82) is 0 Å². The molecular weight excluding hydrogens is 781 g/mol. The van der Waals surface area contributed by atoms with Gasteiger partial charge in [0.25, 0.3) is 0 Å². The summed E-state index contributed by atoms with van der Waals surface area (Å²) >= 11 is 0. The van der Waals surface area contributed by atoms with Crippen LogP contribution in [0.3, 0.4) is 0 Å². The van der Waals surface area contributed by atoms with Crippen molar-refractivity contribution in [2.75, 3.05) is 11.9 Å². The third kappa shape index (κ3) is 6.07. The van der Waals surface area contributed by atoms with E-state index in [4.69, 9.17) is 14.4 Å². The Bertz CT molecular complexity index is 3490. The van der Waals surface area contributed by atoms with Crippen LogP contribution in [-0.4, -0.2) is 23.6 Å². The lowest BCUT2D eigenvalue weighted by atomic mass is 9.82. The molecule has 0 fully saturated rings. The van der Waals surface area contributed by atoms with Crippen LogP contribution >= 0.6 is 0 Å². The second-order valence-corrected chi connectivity index (χ2v) is 17.4. The molecule has 12 rings (SSSR count). The van der Waals surface area contributed by atoms with E-state index in [-0.39, 0.29) is 11.6 Å². The van der Waals surface area contributed by atoms with Crippen LogP contribution in [0.25, 0.3) is 55.0 Å². The van der Waals surface area contributed by atoms with Gasteiger partial charge in [-0.1, -0.05) is 172 Å². The van der Waals surface area contributed by atoms with Gasteiger partial charge in [-0.3, -0.25) is 0 Å². The Morgan fingerprint density at radius 1 is 0.500 bits per heavy atom. The van der Waals surface area contributed by atoms with Gasteiger partial charge in [0.05, 0.1) is 0 Å². The van der Waals surface area contributed by atoms with Gasteiger partial charge in [-0.15, -0.1) is 0 Å². The summed E-state index contributed by atoms with van der Waals surface area (Å²) in [5.74, 6) is 1.54. The largest absolute Gasteiger partial charge is 0.456 e. The number of hydrogen-bond donors (Lipinski definition) is 0. The van der Waals surface area contributed by atoms with E-state index in [0.29, 0.717) is 5.84 Å². The molecule has 0 saturated carbocycles. The minimum absolute atomic E-state index is 0.143. The van der Waals surface area contributed by atoms with Crippen LogP contribution in [0.5, 0.6) is 0 Å². The van der Waals surface area contributed by atoms with Gasteiger partial charge < -0.3 is 14.2 Å². The highest BCUT2D eigenvalue weighted by Gasteiger charge is 2.36. The van der Waals surface area contributed by atoms with E-state index in [9.17, 15) is 0 Å². The van der Waals surface area contributed by atoms with Crippen LogP contribution in [0.15, 0.2) is 221 Å². The molecule has 0 N–H and O–H groups in total. The van der Waals surface area contributed by atoms with Crippen LogP contribution in [0, 0.1) is 0 Å². The molecule has 0 radical (unpaired) electrons. The first kappa shape index (κ1) is 37.7. The van der Waals surface area contributed by atoms with Crippen molar-refractivity contribution < 1.29 is 4.42 Å². The zero-order valence-corrected chi connectivity index (χ0v) is 35.9. The summed E-state index contributed by atoms with van der Waals surface area (Å²) in [5.41, 5.74) is 15.4. The maximum atomic E-state index is 6.83. The van der Waals surface area contributed by atoms with E-state index < -0.39 is 0 Å². The fourth-order valence-electron chi connectivity index (χ4n) is 10.1. The number of amidine groups is 2. The molecule has 5 nitrogen and oxygen atoms in total. The number of furan rings is 1. The molecule has 1 aromatic heterocycles. The molecule has 306 valence electrons.